The van der Waals surface area contributed by atoms with Crippen LogP contribution in [0.1, 0.15) is 28.4 Å². The Morgan fingerprint density at radius 2 is 1.74 bits per heavy atom. The highest BCUT2D eigenvalue weighted by Gasteiger charge is 2.09. The zero-order valence-electron chi connectivity index (χ0n) is 11.1. The Morgan fingerprint density at radius 1 is 1.11 bits per heavy atom. The van der Waals surface area contributed by atoms with Crippen molar-refractivity contribution in [3.8, 4) is 0 Å². The molecule has 1 unspecified atom stereocenters. The van der Waals surface area contributed by atoms with Crippen molar-refractivity contribution in [2.24, 2.45) is 0 Å². The van der Waals surface area contributed by atoms with Crippen molar-refractivity contribution in [2.75, 3.05) is 0 Å². The number of hydrogen-bond donors (Lipinski definition) is 1. The van der Waals surface area contributed by atoms with Crippen LogP contribution in [0.4, 0.5) is 0 Å². The molecule has 1 amide bonds. The Morgan fingerprint density at radius 3 is 2.37 bits per heavy atom. The fourth-order valence-electron chi connectivity index (χ4n) is 1.98. The first-order valence-electron chi connectivity index (χ1n) is 6.42. The molecule has 1 radical (unpaired) electrons. The van der Waals surface area contributed by atoms with E-state index in [1.165, 1.54) is 5.56 Å². The van der Waals surface area contributed by atoms with E-state index in [-0.39, 0.29) is 11.9 Å². The van der Waals surface area contributed by atoms with Gasteiger partial charge in [0.25, 0.3) is 5.91 Å². The molecule has 0 saturated carbocycles. The molecule has 2 rings (SSSR count). The van der Waals surface area contributed by atoms with Gasteiger partial charge in [0.15, 0.2) is 0 Å². The van der Waals surface area contributed by atoms with Crippen molar-refractivity contribution in [1.29, 1.82) is 0 Å². The average Bonchev–Trinajstić information content (AvgIpc) is 2.40. The summed E-state index contributed by atoms with van der Waals surface area (Å²) in [6.07, 6.45) is 0.833. The Hall–Kier alpha value is -2.09. The zero-order valence-corrected chi connectivity index (χ0v) is 11.1. The van der Waals surface area contributed by atoms with Gasteiger partial charge in [0.1, 0.15) is 0 Å². The van der Waals surface area contributed by atoms with Gasteiger partial charge in [0.05, 0.1) is 0 Å². The van der Waals surface area contributed by atoms with Crippen molar-refractivity contribution in [2.45, 2.75) is 19.4 Å². The van der Waals surface area contributed by atoms with Gasteiger partial charge in [0, 0.05) is 11.6 Å². The van der Waals surface area contributed by atoms with Gasteiger partial charge >= 0.3 is 0 Å². The Bertz CT molecular complexity index is 531. The first-order chi connectivity index (χ1) is 9.15. The molecule has 0 aliphatic heterocycles. The molecule has 1 N–H and O–H groups in total. The summed E-state index contributed by atoms with van der Waals surface area (Å²) < 4.78 is 0. The van der Waals surface area contributed by atoms with E-state index < -0.39 is 0 Å². The number of rotatable bonds is 4. The lowest BCUT2D eigenvalue weighted by Crippen LogP contribution is -2.34. The van der Waals surface area contributed by atoms with Crippen LogP contribution in [-0.4, -0.2) is 11.9 Å². The third-order valence-electron chi connectivity index (χ3n) is 2.98. The number of carbonyl (C=O) groups is 1. The predicted molar refractivity (Wildman–Crippen MR) is 78.0 cm³/mol. The van der Waals surface area contributed by atoms with E-state index in [1.54, 1.807) is 12.1 Å². The molecule has 0 heterocycles. The van der Waals surface area contributed by atoms with Crippen LogP contribution in [-0.2, 0) is 6.42 Å². The summed E-state index contributed by atoms with van der Waals surface area (Å²) in [5.41, 5.74) is 2.81. The van der Waals surface area contributed by atoms with Gasteiger partial charge in [-0.1, -0.05) is 42.5 Å². The highest BCUT2D eigenvalue weighted by Crippen LogP contribution is 2.06. The summed E-state index contributed by atoms with van der Waals surface area (Å²) in [6, 6.07) is 17.5. The van der Waals surface area contributed by atoms with Gasteiger partial charge in [-0.2, -0.15) is 0 Å². The van der Waals surface area contributed by atoms with E-state index in [4.69, 9.17) is 0 Å². The molecule has 0 spiro atoms. The van der Waals surface area contributed by atoms with Crippen molar-refractivity contribution >= 4 is 5.91 Å². The lowest BCUT2D eigenvalue weighted by atomic mass is 10.1. The van der Waals surface area contributed by atoms with Crippen LogP contribution in [0.5, 0.6) is 0 Å². The molecular weight excluding hydrogens is 234 g/mol. The van der Waals surface area contributed by atoms with Crippen LogP contribution in [0.25, 0.3) is 0 Å². The van der Waals surface area contributed by atoms with Crippen LogP contribution >= 0.6 is 0 Å². The minimum Gasteiger partial charge on any atom is -0.349 e. The molecule has 0 fully saturated rings. The van der Waals surface area contributed by atoms with Gasteiger partial charge in [-0.05, 0) is 43.5 Å². The van der Waals surface area contributed by atoms with E-state index in [0.29, 0.717) is 5.56 Å². The second kappa shape index (κ2) is 6.19. The molecule has 0 bridgehead atoms. The molecule has 0 aliphatic rings. The standard InChI is InChI=1S/C17H18NO/c1-13-8-10-16(11-9-13)17(19)18-14(2)12-15-6-4-3-5-7-15/h3-11,14H,1,12H2,2H3,(H,18,19). The molecule has 1 atom stereocenters. The fraction of sp³-hybridized carbons (Fsp3) is 0.176. The highest BCUT2D eigenvalue weighted by molar-refractivity contribution is 5.94. The van der Waals surface area contributed by atoms with Crippen LogP contribution < -0.4 is 5.32 Å². The van der Waals surface area contributed by atoms with Gasteiger partial charge < -0.3 is 5.32 Å². The van der Waals surface area contributed by atoms with Crippen LogP contribution in [0.2, 0.25) is 0 Å². The second-order valence-electron chi connectivity index (χ2n) is 4.76. The smallest absolute Gasteiger partial charge is 0.251 e. The maximum atomic E-state index is 12.0. The number of hydrogen-bond acceptors (Lipinski definition) is 1. The first-order valence-corrected chi connectivity index (χ1v) is 6.42. The first kappa shape index (κ1) is 13.3. The largest absolute Gasteiger partial charge is 0.349 e. The Kier molecular flexibility index (Phi) is 4.35. The molecule has 97 valence electrons. The van der Waals surface area contributed by atoms with Gasteiger partial charge in [-0.3, -0.25) is 4.79 Å². The minimum absolute atomic E-state index is 0.0385. The molecule has 2 aromatic carbocycles. The van der Waals surface area contributed by atoms with Crippen molar-refractivity contribution in [1.82, 2.24) is 5.32 Å². The molecular formula is C17H18NO. The summed E-state index contributed by atoms with van der Waals surface area (Å²) in [7, 11) is 0. The number of amides is 1. The maximum Gasteiger partial charge on any atom is 0.251 e. The normalized spacial score (nSPS) is 11.9. The summed E-state index contributed by atoms with van der Waals surface area (Å²) in [6.45, 7) is 5.82. The summed E-state index contributed by atoms with van der Waals surface area (Å²) in [5.74, 6) is -0.0385. The topological polar surface area (TPSA) is 29.1 Å². The fourth-order valence-corrected chi connectivity index (χ4v) is 1.98. The minimum atomic E-state index is -0.0385. The van der Waals surface area contributed by atoms with Crippen LogP contribution in [0.15, 0.2) is 54.6 Å². The van der Waals surface area contributed by atoms with Crippen molar-refractivity contribution < 1.29 is 4.79 Å². The van der Waals surface area contributed by atoms with Gasteiger partial charge in [-0.25, -0.2) is 0 Å². The van der Waals surface area contributed by atoms with E-state index in [9.17, 15) is 4.79 Å². The summed E-state index contributed by atoms with van der Waals surface area (Å²) in [5, 5.41) is 3.00. The summed E-state index contributed by atoms with van der Waals surface area (Å²) >= 11 is 0. The van der Waals surface area contributed by atoms with Gasteiger partial charge in [0.2, 0.25) is 0 Å². The average molecular weight is 252 g/mol. The highest BCUT2D eigenvalue weighted by atomic mass is 16.1. The molecule has 0 aliphatic carbocycles. The Balaban J connectivity index is 1.93. The summed E-state index contributed by atoms with van der Waals surface area (Å²) in [4.78, 5) is 12.0. The predicted octanol–water partition coefficient (Wildman–Crippen LogP) is 3.23. The third kappa shape index (κ3) is 3.95. The Labute approximate surface area is 114 Å². The molecule has 2 heteroatoms. The molecule has 0 saturated heterocycles. The zero-order chi connectivity index (χ0) is 13.7. The monoisotopic (exact) mass is 252 g/mol. The van der Waals surface area contributed by atoms with E-state index in [0.717, 1.165) is 12.0 Å². The lowest BCUT2D eigenvalue weighted by Gasteiger charge is -2.14. The van der Waals surface area contributed by atoms with E-state index in [1.807, 2.05) is 37.3 Å². The molecule has 0 aromatic heterocycles. The lowest BCUT2D eigenvalue weighted by molar-refractivity contribution is 0.0940. The SMILES string of the molecule is [CH2]c1ccc(C(=O)NC(C)Cc2ccccc2)cc1. The maximum absolute atomic E-state index is 12.0. The molecule has 19 heavy (non-hydrogen) atoms. The molecule has 2 aromatic rings. The van der Waals surface area contributed by atoms with Crippen LogP contribution in [0.3, 0.4) is 0 Å². The number of nitrogens with one attached hydrogen (secondary N) is 1. The van der Waals surface area contributed by atoms with Gasteiger partial charge in [-0.15, -0.1) is 0 Å². The number of benzene rings is 2. The molecule has 2 nitrogen and oxygen atoms in total. The second-order valence-corrected chi connectivity index (χ2v) is 4.76. The van der Waals surface area contributed by atoms with E-state index >= 15 is 0 Å². The number of carbonyl (C=O) groups excluding carboxylic acids is 1. The quantitative estimate of drug-likeness (QED) is 0.889. The third-order valence-corrected chi connectivity index (χ3v) is 2.98. The van der Waals surface area contributed by atoms with Crippen molar-refractivity contribution in [3.63, 3.8) is 0 Å². The van der Waals surface area contributed by atoms with E-state index in [2.05, 4.69) is 24.4 Å². The van der Waals surface area contributed by atoms with Crippen LogP contribution in [0, 0.1) is 6.92 Å². The van der Waals surface area contributed by atoms with Crippen molar-refractivity contribution in [3.05, 3.63) is 78.2 Å².